The summed E-state index contributed by atoms with van der Waals surface area (Å²) in [4.78, 5) is 26.5. The van der Waals surface area contributed by atoms with Gasteiger partial charge in [-0.1, -0.05) is 0 Å². The second-order valence-corrected chi connectivity index (χ2v) is 8.08. The van der Waals surface area contributed by atoms with E-state index in [1.54, 1.807) is 20.0 Å². The normalized spacial score (nSPS) is 11.2. The van der Waals surface area contributed by atoms with Gasteiger partial charge in [0.05, 0.1) is 25.0 Å². The molecule has 1 amide bonds. The summed E-state index contributed by atoms with van der Waals surface area (Å²) in [6.45, 7) is 5.69. The molecular formula is C23H33N3O5. The SMILES string of the molecule is CC(C)(CCCCOc1ccc(OCCCCCn2ccnc2)cc1)C(=O)OC(N)=O. The first-order chi connectivity index (χ1) is 14.9. The summed E-state index contributed by atoms with van der Waals surface area (Å²) in [5, 5.41) is 0. The number of carbonyl (C=O) groups is 2. The molecule has 0 aliphatic rings. The maximum atomic E-state index is 11.8. The number of nitrogens with zero attached hydrogens (tertiary/aromatic N) is 2. The Morgan fingerprint density at radius 3 is 2.13 bits per heavy atom. The number of hydrogen-bond donors (Lipinski definition) is 1. The van der Waals surface area contributed by atoms with Gasteiger partial charge in [0.15, 0.2) is 0 Å². The van der Waals surface area contributed by atoms with E-state index in [0.717, 1.165) is 50.1 Å². The summed E-state index contributed by atoms with van der Waals surface area (Å²) in [6, 6.07) is 7.60. The van der Waals surface area contributed by atoms with Gasteiger partial charge in [0, 0.05) is 18.9 Å². The number of ether oxygens (including phenoxy) is 3. The van der Waals surface area contributed by atoms with Crippen LogP contribution < -0.4 is 15.2 Å². The predicted molar refractivity (Wildman–Crippen MR) is 117 cm³/mol. The molecule has 0 aliphatic carbocycles. The Morgan fingerprint density at radius 1 is 0.968 bits per heavy atom. The smallest absolute Gasteiger partial charge is 0.412 e. The van der Waals surface area contributed by atoms with Gasteiger partial charge >= 0.3 is 12.1 Å². The molecular weight excluding hydrogens is 398 g/mol. The van der Waals surface area contributed by atoms with Crippen LogP contribution in [0.5, 0.6) is 11.5 Å². The van der Waals surface area contributed by atoms with Crippen LogP contribution in [0.2, 0.25) is 0 Å². The molecule has 2 N–H and O–H groups in total. The number of aromatic nitrogens is 2. The number of benzene rings is 1. The van der Waals surface area contributed by atoms with E-state index in [2.05, 4.69) is 14.3 Å². The lowest BCUT2D eigenvalue weighted by molar-refractivity contribution is -0.147. The van der Waals surface area contributed by atoms with E-state index < -0.39 is 17.5 Å². The van der Waals surface area contributed by atoms with Gasteiger partial charge in [0.25, 0.3) is 0 Å². The fourth-order valence-corrected chi connectivity index (χ4v) is 3.00. The van der Waals surface area contributed by atoms with Crippen molar-refractivity contribution in [2.45, 2.75) is 58.9 Å². The van der Waals surface area contributed by atoms with Crippen LogP contribution in [0.15, 0.2) is 43.0 Å². The van der Waals surface area contributed by atoms with E-state index in [-0.39, 0.29) is 0 Å². The minimum Gasteiger partial charge on any atom is -0.494 e. The zero-order valence-electron chi connectivity index (χ0n) is 18.4. The summed E-state index contributed by atoms with van der Waals surface area (Å²) < 4.78 is 18.1. The van der Waals surface area contributed by atoms with Crippen LogP contribution in [-0.2, 0) is 16.1 Å². The maximum absolute atomic E-state index is 11.8. The van der Waals surface area contributed by atoms with Gasteiger partial charge in [-0.3, -0.25) is 4.79 Å². The van der Waals surface area contributed by atoms with Gasteiger partial charge in [0.2, 0.25) is 0 Å². The Labute approximate surface area is 183 Å². The Balaban J connectivity index is 1.54. The second-order valence-electron chi connectivity index (χ2n) is 8.08. The van der Waals surface area contributed by atoms with Crippen LogP contribution in [0, 0.1) is 5.41 Å². The third-order valence-corrected chi connectivity index (χ3v) is 4.92. The first-order valence-electron chi connectivity index (χ1n) is 10.7. The second kappa shape index (κ2) is 12.6. The zero-order valence-corrected chi connectivity index (χ0v) is 18.4. The first kappa shape index (κ1) is 24.2. The van der Waals surface area contributed by atoms with Gasteiger partial charge < -0.3 is 24.5 Å². The number of imidazole rings is 1. The maximum Gasteiger partial charge on any atom is 0.412 e. The fraction of sp³-hybridized carbons (Fsp3) is 0.522. The molecule has 0 atom stereocenters. The van der Waals surface area contributed by atoms with Crippen LogP contribution in [0.3, 0.4) is 0 Å². The van der Waals surface area contributed by atoms with E-state index in [1.807, 2.05) is 36.8 Å². The first-order valence-corrected chi connectivity index (χ1v) is 10.7. The molecule has 8 nitrogen and oxygen atoms in total. The van der Waals surface area contributed by atoms with Crippen molar-refractivity contribution in [2.75, 3.05) is 13.2 Å². The van der Waals surface area contributed by atoms with Crippen molar-refractivity contribution in [1.29, 1.82) is 0 Å². The van der Waals surface area contributed by atoms with Gasteiger partial charge in [-0.15, -0.1) is 0 Å². The Morgan fingerprint density at radius 2 is 1.58 bits per heavy atom. The Kier molecular flexibility index (Phi) is 9.87. The number of rotatable bonds is 14. The molecule has 1 aromatic heterocycles. The molecule has 2 aromatic rings. The number of nitrogens with two attached hydrogens (primary N) is 1. The molecule has 0 aliphatic heterocycles. The number of esters is 1. The van der Waals surface area contributed by atoms with Crippen LogP contribution in [0.1, 0.15) is 52.4 Å². The molecule has 2 rings (SSSR count). The van der Waals surface area contributed by atoms with Crippen molar-refractivity contribution < 1.29 is 23.8 Å². The summed E-state index contributed by atoms with van der Waals surface area (Å²) >= 11 is 0. The topological polar surface area (TPSA) is 106 Å². The van der Waals surface area contributed by atoms with E-state index in [1.165, 1.54) is 0 Å². The third kappa shape index (κ3) is 9.55. The summed E-state index contributed by atoms with van der Waals surface area (Å²) in [7, 11) is 0. The van der Waals surface area contributed by atoms with E-state index >= 15 is 0 Å². The molecule has 1 heterocycles. The van der Waals surface area contributed by atoms with Crippen molar-refractivity contribution in [2.24, 2.45) is 11.1 Å². The molecule has 0 radical (unpaired) electrons. The minimum atomic E-state index is -1.07. The predicted octanol–water partition coefficient (Wildman–Crippen LogP) is 4.33. The number of unbranched alkanes of at least 4 members (excludes halogenated alkanes) is 3. The summed E-state index contributed by atoms with van der Waals surface area (Å²) in [5.41, 5.74) is 4.13. The van der Waals surface area contributed by atoms with Crippen molar-refractivity contribution >= 4 is 12.1 Å². The monoisotopic (exact) mass is 431 g/mol. The molecule has 0 fully saturated rings. The number of carbonyl (C=O) groups excluding carboxylic acids is 2. The Hall–Kier alpha value is -3.03. The molecule has 1 aromatic carbocycles. The minimum absolute atomic E-state index is 0.540. The van der Waals surface area contributed by atoms with Crippen LogP contribution >= 0.6 is 0 Å². The lowest BCUT2D eigenvalue weighted by Crippen LogP contribution is -2.31. The average molecular weight is 432 g/mol. The Bertz CT molecular complexity index is 788. The highest BCUT2D eigenvalue weighted by atomic mass is 16.6. The molecule has 0 bridgehead atoms. The van der Waals surface area contributed by atoms with Gasteiger partial charge in [0.1, 0.15) is 11.5 Å². The van der Waals surface area contributed by atoms with Crippen LogP contribution in [0.4, 0.5) is 4.79 Å². The van der Waals surface area contributed by atoms with Crippen LogP contribution in [0.25, 0.3) is 0 Å². The van der Waals surface area contributed by atoms with E-state index in [0.29, 0.717) is 19.6 Å². The van der Waals surface area contributed by atoms with Crippen molar-refractivity contribution in [3.05, 3.63) is 43.0 Å². The molecule has 0 saturated heterocycles. The molecule has 31 heavy (non-hydrogen) atoms. The highest BCUT2D eigenvalue weighted by molar-refractivity contribution is 5.86. The van der Waals surface area contributed by atoms with E-state index in [4.69, 9.17) is 15.2 Å². The molecule has 0 unspecified atom stereocenters. The van der Waals surface area contributed by atoms with Gasteiger partial charge in [-0.25, -0.2) is 9.78 Å². The number of hydrogen-bond acceptors (Lipinski definition) is 6. The number of primary amides is 1. The molecule has 0 spiro atoms. The molecule has 0 saturated carbocycles. The fourth-order valence-electron chi connectivity index (χ4n) is 3.00. The van der Waals surface area contributed by atoms with Crippen molar-refractivity contribution in [1.82, 2.24) is 9.55 Å². The molecule has 170 valence electrons. The molecule has 8 heteroatoms. The quantitative estimate of drug-likeness (QED) is 0.271. The van der Waals surface area contributed by atoms with E-state index in [9.17, 15) is 9.59 Å². The van der Waals surface area contributed by atoms with Crippen molar-refractivity contribution in [3.8, 4) is 11.5 Å². The summed E-state index contributed by atoms with van der Waals surface area (Å²) in [6.07, 6.45) is 9.89. The van der Waals surface area contributed by atoms with Gasteiger partial charge in [-0.05, 0) is 76.6 Å². The van der Waals surface area contributed by atoms with Gasteiger partial charge in [-0.2, -0.15) is 0 Å². The lowest BCUT2D eigenvalue weighted by atomic mass is 9.87. The third-order valence-electron chi connectivity index (χ3n) is 4.92. The largest absolute Gasteiger partial charge is 0.494 e. The lowest BCUT2D eigenvalue weighted by Gasteiger charge is -2.21. The van der Waals surface area contributed by atoms with Crippen LogP contribution in [-0.4, -0.2) is 34.8 Å². The zero-order chi connectivity index (χ0) is 22.5. The highest BCUT2D eigenvalue weighted by Gasteiger charge is 2.30. The van der Waals surface area contributed by atoms with Crippen molar-refractivity contribution in [3.63, 3.8) is 0 Å². The average Bonchev–Trinajstić information content (AvgIpc) is 3.24. The number of amides is 1. The summed E-state index contributed by atoms with van der Waals surface area (Å²) in [5.74, 6) is 1.01. The standard InChI is InChI=1S/C23H33N3O5/c1-23(2,21(27)31-22(24)28)12-4-7-17-30-20-10-8-19(9-11-20)29-16-6-3-5-14-26-15-13-25-18-26/h8-11,13,15,18H,3-7,12,14,16-17H2,1-2H3,(H2,24,28). The number of aryl methyl sites for hydroxylation is 1. The highest BCUT2D eigenvalue weighted by Crippen LogP contribution is 2.25.